The first kappa shape index (κ1) is 27.3. The Morgan fingerprint density at radius 2 is 0.780 bits per heavy atom. The van der Waals surface area contributed by atoms with Crippen molar-refractivity contribution in [3.05, 3.63) is 170 Å². The molecule has 9 aromatic carbocycles. The highest BCUT2D eigenvalue weighted by atomic mass is 16.3. The van der Waals surface area contributed by atoms with Gasteiger partial charge in [-0.2, -0.15) is 0 Å². The van der Waals surface area contributed by atoms with Crippen molar-refractivity contribution in [2.45, 2.75) is 0 Å². The zero-order valence-electron chi connectivity index (χ0n) is 27.0. The van der Waals surface area contributed by atoms with Crippen molar-refractivity contribution in [1.29, 1.82) is 0 Å². The van der Waals surface area contributed by atoms with E-state index in [0.29, 0.717) is 0 Å². The van der Waals surface area contributed by atoms with Crippen molar-refractivity contribution in [2.75, 3.05) is 0 Å². The van der Waals surface area contributed by atoms with E-state index in [-0.39, 0.29) is 0 Å². The van der Waals surface area contributed by atoms with Gasteiger partial charge in [-0.05, 0) is 108 Å². The molecule has 11 aromatic rings. The summed E-state index contributed by atoms with van der Waals surface area (Å²) in [6, 6.07) is 60.8. The molecule has 11 rings (SSSR count). The number of hydrogen-bond acceptors (Lipinski definition) is 2. The molecule has 0 spiro atoms. The minimum Gasteiger partial charge on any atom is -0.456 e. The van der Waals surface area contributed by atoms with Gasteiger partial charge < -0.3 is 8.83 Å². The third-order valence-electron chi connectivity index (χ3n) is 10.4. The number of hydrogen-bond donors (Lipinski definition) is 0. The van der Waals surface area contributed by atoms with Crippen LogP contribution in [-0.2, 0) is 0 Å². The van der Waals surface area contributed by atoms with Crippen molar-refractivity contribution in [3.8, 4) is 33.4 Å². The van der Waals surface area contributed by atoms with E-state index < -0.39 is 0 Å². The van der Waals surface area contributed by atoms with Gasteiger partial charge in [0.25, 0.3) is 0 Å². The molecule has 0 aliphatic rings. The lowest BCUT2D eigenvalue weighted by molar-refractivity contribution is 0.669. The van der Waals surface area contributed by atoms with Gasteiger partial charge in [0.05, 0.1) is 0 Å². The van der Waals surface area contributed by atoms with Crippen LogP contribution in [0.25, 0.3) is 110 Å². The first-order valence-corrected chi connectivity index (χ1v) is 17.1. The molecule has 2 heterocycles. The van der Waals surface area contributed by atoms with Crippen molar-refractivity contribution in [3.63, 3.8) is 0 Å². The van der Waals surface area contributed by atoms with Crippen LogP contribution in [0.15, 0.2) is 179 Å². The highest BCUT2D eigenvalue weighted by Crippen LogP contribution is 2.45. The van der Waals surface area contributed by atoms with Crippen molar-refractivity contribution in [1.82, 2.24) is 0 Å². The van der Waals surface area contributed by atoms with Crippen molar-refractivity contribution in [2.24, 2.45) is 0 Å². The molecule has 0 N–H and O–H groups in total. The molecule has 232 valence electrons. The lowest BCUT2D eigenvalue weighted by Crippen LogP contribution is -1.90. The molecule has 2 aromatic heterocycles. The second kappa shape index (κ2) is 10.4. The van der Waals surface area contributed by atoms with E-state index >= 15 is 0 Å². The number of benzene rings is 9. The Morgan fingerprint density at radius 3 is 1.48 bits per heavy atom. The maximum Gasteiger partial charge on any atom is 0.136 e. The van der Waals surface area contributed by atoms with E-state index in [0.717, 1.165) is 66.0 Å². The van der Waals surface area contributed by atoms with Crippen LogP contribution in [0.3, 0.4) is 0 Å². The Labute approximate surface area is 287 Å². The molecular weight excluding hydrogens is 609 g/mol. The van der Waals surface area contributed by atoms with E-state index in [1.165, 1.54) is 43.6 Å². The quantitative estimate of drug-likeness (QED) is 0.180. The average Bonchev–Trinajstić information content (AvgIpc) is 3.73. The van der Waals surface area contributed by atoms with Crippen LogP contribution in [0.5, 0.6) is 0 Å². The summed E-state index contributed by atoms with van der Waals surface area (Å²) >= 11 is 0. The lowest BCUT2D eigenvalue weighted by atomic mass is 9.86. The zero-order valence-corrected chi connectivity index (χ0v) is 27.0. The average molecular weight is 637 g/mol. The summed E-state index contributed by atoms with van der Waals surface area (Å²) in [6.45, 7) is 0. The minimum atomic E-state index is 0.880. The highest BCUT2D eigenvalue weighted by molar-refractivity contribution is 6.22. The van der Waals surface area contributed by atoms with E-state index in [4.69, 9.17) is 8.83 Å². The first-order chi connectivity index (χ1) is 24.8. The fraction of sp³-hybridized carbons (Fsp3) is 0. The molecule has 0 saturated heterocycles. The van der Waals surface area contributed by atoms with Crippen LogP contribution >= 0.6 is 0 Å². The molecule has 0 aliphatic heterocycles. The molecule has 0 aliphatic carbocycles. The second-order valence-electron chi connectivity index (χ2n) is 13.2. The third-order valence-corrected chi connectivity index (χ3v) is 10.4. The monoisotopic (exact) mass is 636 g/mol. The van der Waals surface area contributed by atoms with Crippen LogP contribution in [0, 0.1) is 0 Å². The minimum absolute atomic E-state index is 0.880. The van der Waals surface area contributed by atoms with Crippen molar-refractivity contribution < 1.29 is 8.83 Å². The summed E-state index contributed by atoms with van der Waals surface area (Å²) in [5, 5.41) is 11.8. The molecule has 50 heavy (non-hydrogen) atoms. The summed E-state index contributed by atoms with van der Waals surface area (Å²) < 4.78 is 13.0. The summed E-state index contributed by atoms with van der Waals surface area (Å²) in [7, 11) is 0. The summed E-state index contributed by atoms with van der Waals surface area (Å²) in [5.74, 6) is 0. The number of rotatable bonds is 3. The van der Waals surface area contributed by atoms with Gasteiger partial charge in [-0.3, -0.25) is 0 Å². The predicted octanol–water partition coefficient (Wildman–Crippen LogP) is 13.9. The summed E-state index contributed by atoms with van der Waals surface area (Å²) in [4.78, 5) is 0. The van der Waals surface area contributed by atoms with Crippen molar-refractivity contribution >= 4 is 76.2 Å². The maximum atomic E-state index is 6.70. The molecule has 2 heteroatoms. The Bertz CT molecular complexity index is 3080. The fourth-order valence-electron chi connectivity index (χ4n) is 8.20. The first-order valence-electron chi connectivity index (χ1n) is 17.1. The van der Waals surface area contributed by atoms with Crippen LogP contribution in [0.4, 0.5) is 0 Å². The van der Waals surface area contributed by atoms with Gasteiger partial charge in [0.2, 0.25) is 0 Å². The molecular formula is C48H28O2. The maximum absolute atomic E-state index is 6.70. The van der Waals surface area contributed by atoms with Crippen LogP contribution in [-0.4, -0.2) is 0 Å². The largest absolute Gasteiger partial charge is 0.456 e. The number of fused-ring (bicyclic) bond motifs is 9. The Kier molecular flexibility index (Phi) is 5.70. The van der Waals surface area contributed by atoms with E-state index in [9.17, 15) is 0 Å². The van der Waals surface area contributed by atoms with Gasteiger partial charge in [0.1, 0.15) is 22.3 Å². The molecule has 0 unspecified atom stereocenters. The van der Waals surface area contributed by atoms with E-state index in [2.05, 4.69) is 158 Å². The standard InChI is InChI=1S/C48H28O2/c1-2-11-29(12-3-1)47-37-15-4-6-17-39(37)48(40-18-7-5-16-38(40)47)32-22-24-36-35-23-21-31(26-44(35)50-45(36)27-32)33-19-10-13-30-25-42-34-14-8-9-20-43(34)49-46(42)28-41(30)33/h1-28H. The van der Waals surface area contributed by atoms with Gasteiger partial charge in [-0.1, -0.05) is 127 Å². The number of para-hydroxylation sites is 1. The Morgan fingerprint density at radius 1 is 0.260 bits per heavy atom. The van der Waals surface area contributed by atoms with Crippen LogP contribution in [0.1, 0.15) is 0 Å². The second-order valence-corrected chi connectivity index (χ2v) is 13.2. The normalized spacial score (nSPS) is 12.0. The van der Waals surface area contributed by atoms with E-state index in [1.807, 2.05) is 12.1 Å². The van der Waals surface area contributed by atoms with Gasteiger partial charge >= 0.3 is 0 Å². The zero-order chi connectivity index (χ0) is 32.8. The highest BCUT2D eigenvalue weighted by Gasteiger charge is 2.18. The predicted molar refractivity (Wildman–Crippen MR) is 210 cm³/mol. The molecule has 2 nitrogen and oxygen atoms in total. The molecule has 0 amide bonds. The molecule has 0 radical (unpaired) electrons. The topological polar surface area (TPSA) is 26.3 Å². The molecule has 0 fully saturated rings. The van der Waals surface area contributed by atoms with E-state index in [1.54, 1.807) is 0 Å². The number of furan rings is 2. The molecule has 0 bridgehead atoms. The summed E-state index contributed by atoms with van der Waals surface area (Å²) in [5.41, 5.74) is 10.7. The van der Waals surface area contributed by atoms with Crippen LogP contribution < -0.4 is 0 Å². The van der Waals surface area contributed by atoms with Gasteiger partial charge in [0, 0.05) is 21.5 Å². The van der Waals surface area contributed by atoms with Crippen LogP contribution in [0.2, 0.25) is 0 Å². The molecule has 0 saturated carbocycles. The Balaban J connectivity index is 1.09. The molecule has 0 atom stereocenters. The van der Waals surface area contributed by atoms with Gasteiger partial charge in [-0.25, -0.2) is 0 Å². The van der Waals surface area contributed by atoms with Gasteiger partial charge in [0.15, 0.2) is 0 Å². The lowest BCUT2D eigenvalue weighted by Gasteiger charge is -2.17. The summed E-state index contributed by atoms with van der Waals surface area (Å²) in [6.07, 6.45) is 0. The van der Waals surface area contributed by atoms with Gasteiger partial charge in [-0.15, -0.1) is 0 Å². The smallest absolute Gasteiger partial charge is 0.136 e. The third kappa shape index (κ3) is 3.96. The SMILES string of the molecule is c1ccc(-c2c3ccccc3c(-c3ccc4c(c3)oc3cc(-c5cccc6cc7c(cc56)oc5ccccc57)ccc34)c3ccccc23)cc1. The fourth-order valence-corrected chi connectivity index (χ4v) is 8.20. The Hall–Kier alpha value is -6.64.